The van der Waals surface area contributed by atoms with Crippen LogP contribution >= 0.6 is 0 Å². The van der Waals surface area contributed by atoms with E-state index in [1.807, 2.05) is 12.1 Å². The van der Waals surface area contributed by atoms with Gasteiger partial charge in [0.1, 0.15) is 0 Å². The van der Waals surface area contributed by atoms with Crippen molar-refractivity contribution >= 4 is 0 Å². The minimum absolute atomic E-state index is 0.00273. The van der Waals surface area contributed by atoms with Crippen LogP contribution in [-0.4, -0.2) is 21.2 Å². The van der Waals surface area contributed by atoms with Crippen molar-refractivity contribution in [3.8, 4) is 0 Å². The highest BCUT2D eigenvalue weighted by Crippen LogP contribution is 2.27. The Labute approximate surface area is 99.3 Å². The molecule has 17 heavy (non-hydrogen) atoms. The molecule has 2 heterocycles. The maximum absolute atomic E-state index is 5.05. The molecule has 1 saturated carbocycles. The topological polar surface area (TPSA) is 63.8 Å². The first-order chi connectivity index (χ1) is 8.33. The molecule has 1 atom stereocenters. The lowest BCUT2D eigenvalue weighted by Gasteiger charge is -2.14. The van der Waals surface area contributed by atoms with E-state index in [1.54, 1.807) is 19.3 Å². The molecule has 2 aromatic heterocycles. The zero-order chi connectivity index (χ0) is 11.7. The summed E-state index contributed by atoms with van der Waals surface area (Å²) in [6, 6.07) is 4.53. The summed E-state index contributed by atoms with van der Waals surface area (Å²) in [5.74, 6) is 1.29. The first-order valence-corrected chi connectivity index (χ1v) is 5.79. The summed E-state index contributed by atoms with van der Waals surface area (Å²) in [7, 11) is 0. The molecule has 3 rings (SSSR count). The molecule has 0 aliphatic heterocycles. The summed E-state index contributed by atoms with van der Waals surface area (Å²) in [5, 5.41) is 7.53. The summed E-state index contributed by atoms with van der Waals surface area (Å²) in [6.07, 6.45) is 6.00. The molecule has 0 spiro atoms. The lowest BCUT2D eigenvalue weighted by molar-refractivity contribution is 0.381. The van der Waals surface area contributed by atoms with Gasteiger partial charge in [0.05, 0.1) is 6.04 Å². The van der Waals surface area contributed by atoms with Crippen LogP contribution in [0.15, 0.2) is 29.0 Å². The van der Waals surface area contributed by atoms with Gasteiger partial charge in [-0.2, -0.15) is 4.98 Å². The van der Waals surface area contributed by atoms with Gasteiger partial charge in [-0.05, 0) is 30.5 Å². The van der Waals surface area contributed by atoms with Crippen molar-refractivity contribution in [3.63, 3.8) is 0 Å². The van der Waals surface area contributed by atoms with Gasteiger partial charge >= 0.3 is 0 Å². The molecule has 5 nitrogen and oxygen atoms in total. The maximum atomic E-state index is 5.05. The highest BCUT2D eigenvalue weighted by Gasteiger charge is 2.28. The van der Waals surface area contributed by atoms with Crippen molar-refractivity contribution in [2.24, 2.45) is 0 Å². The van der Waals surface area contributed by atoms with Crippen LogP contribution < -0.4 is 5.32 Å². The Bertz CT molecular complexity index is 492. The monoisotopic (exact) mass is 230 g/mol. The van der Waals surface area contributed by atoms with Crippen molar-refractivity contribution in [1.29, 1.82) is 0 Å². The molecule has 0 bridgehead atoms. The number of hydrogen-bond donors (Lipinski definition) is 1. The molecule has 2 aromatic rings. The highest BCUT2D eigenvalue weighted by molar-refractivity contribution is 5.22. The van der Waals surface area contributed by atoms with Gasteiger partial charge in [-0.15, -0.1) is 0 Å². The van der Waals surface area contributed by atoms with Crippen molar-refractivity contribution in [2.75, 3.05) is 0 Å². The number of rotatable bonds is 4. The fourth-order valence-corrected chi connectivity index (χ4v) is 1.79. The Morgan fingerprint density at radius 1 is 1.35 bits per heavy atom. The molecule has 1 aliphatic carbocycles. The summed E-state index contributed by atoms with van der Waals surface area (Å²) in [5.41, 5.74) is 1.12. The van der Waals surface area contributed by atoms with E-state index in [9.17, 15) is 0 Å². The van der Waals surface area contributed by atoms with Crippen molar-refractivity contribution in [1.82, 2.24) is 20.4 Å². The van der Waals surface area contributed by atoms with Crippen LogP contribution in [0.2, 0.25) is 0 Å². The zero-order valence-corrected chi connectivity index (χ0v) is 9.63. The largest absolute Gasteiger partial charge is 0.340 e. The van der Waals surface area contributed by atoms with Crippen molar-refractivity contribution in [2.45, 2.75) is 31.8 Å². The second-order valence-corrected chi connectivity index (χ2v) is 4.33. The average molecular weight is 230 g/mol. The van der Waals surface area contributed by atoms with Gasteiger partial charge in [0.2, 0.25) is 5.89 Å². The number of nitrogens with one attached hydrogen (secondary N) is 1. The van der Waals surface area contributed by atoms with Crippen LogP contribution in [0.3, 0.4) is 0 Å². The van der Waals surface area contributed by atoms with Gasteiger partial charge in [-0.1, -0.05) is 5.16 Å². The lowest BCUT2D eigenvalue weighted by Crippen LogP contribution is -2.25. The standard InChI is InChI=1S/C12H14N4O/c1-8-14-12(16-17-8)11(15-10-2-3-10)9-4-6-13-7-5-9/h4-7,10-11,15H,2-3H2,1H3. The van der Waals surface area contributed by atoms with E-state index in [-0.39, 0.29) is 6.04 Å². The van der Waals surface area contributed by atoms with E-state index < -0.39 is 0 Å². The third-order valence-electron chi connectivity index (χ3n) is 2.82. The smallest absolute Gasteiger partial charge is 0.223 e. The molecule has 88 valence electrons. The molecule has 0 aromatic carbocycles. The first-order valence-electron chi connectivity index (χ1n) is 5.79. The fourth-order valence-electron chi connectivity index (χ4n) is 1.79. The quantitative estimate of drug-likeness (QED) is 0.864. The van der Waals surface area contributed by atoms with E-state index in [0.29, 0.717) is 17.8 Å². The normalized spacial score (nSPS) is 17.0. The molecular weight excluding hydrogens is 216 g/mol. The Hall–Kier alpha value is -1.75. The summed E-state index contributed by atoms with van der Waals surface area (Å²) in [6.45, 7) is 1.80. The molecule has 5 heteroatoms. The first kappa shape index (κ1) is 10.4. The lowest BCUT2D eigenvalue weighted by atomic mass is 10.1. The van der Waals surface area contributed by atoms with E-state index in [4.69, 9.17) is 4.52 Å². The van der Waals surface area contributed by atoms with Gasteiger partial charge in [0, 0.05) is 25.4 Å². The minimum Gasteiger partial charge on any atom is -0.340 e. The Kier molecular flexibility index (Phi) is 2.60. The van der Waals surface area contributed by atoms with Crippen LogP contribution in [0.4, 0.5) is 0 Å². The predicted molar refractivity (Wildman–Crippen MR) is 61.3 cm³/mol. The van der Waals surface area contributed by atoms with Gasteiger partial charge in [-0.3, -0.25) is 4.98 Å². The summed E-state index contributed by atoms with van der Waals surface area (Å²) >= 11 is 0. The SMILES string of the molecule is Cc1nc(C(NC2CC2)c2ccncc2)no1. The molecule has 1 unspecified atom stereocenters. The highest BCUT2D eigenvalue weighted by atomic mass is 16.5. The van der Waals surface area contributed by atoms with E-state index in [2.05, 4.69) is 20.4 Å². The summed E-state index contributed by atoms with van der Waals surface area (Å²) < 4.78 is 5.05. The second kappa shape index (κ2) is 4.25. The Morgan fingerprint density at radius 2 is 2.12 bits per heavy atom. The molecule has 0 amide bonds. The van der Waals surface area contributed by atoms with Crippen LogP contribution in [0.1, 0.15) is 36.2 Å². The van der Waals surface area contributed by atoms with Crippen LogP contribution in [0, 0.1) is 6.92 Å². The van der Waals surface area contributed by atoms with Crippen LogP contribution in [0.25, 0.3) is 0 Å². The molecule has 0 saturated heterocycles. The third kappa shape index (κ3) is 2.34. The Morgan fingerprint density at radius 3 is 2.71 bits per heavy atom. The average Bonchev–Trinajstić information content (AvgIpc) is 3.08. The predicted octanol–water partition coefficient (Wildman–Crippen LogP) is 1.61. The van der Waals surface area contributed by atoms with Gasteiger partial charge in [0.25, 0.3) is 0 Å². The number of nitrogens with zero attached hydrogens (tertiary/aromatic N) is 3. The van der Waals surface area contributed by atoms with Gasteiger partial charge in [0.15, 0.2) is 5.82 Å². The van der Waals surface area contributed by atoms with E-state index >= 15 is 0 Å². The zero-order valence-electron chi connectivity index (χ0n) is 9.63. The van der Waals surface area contributed by atoms with E-state index in [0.717, 1.165) is 5.56 Å². The minimum atomic E-state index is 0.00273. The maximum Gasteiger partial charge on any atom is 0.223 e. The van der Waals surface area contributed by atoms with Gasteiger partial charge < -0.3 is 9.84 Å². The Balaban J connectivity index is 1.91. The fraction of sp³-hybridized carbons (Fsp3) is 0.417. The van der Waals surface area contributed by atoms with Crippen LogP contribution in [0.5, 0.6) is 0 Å². The second-order valence-electron chi connectivity index (χ2n) is 4.33. The molecule has 1 fully saturated rings. The third-order valence-corrected chi connectivity index (χ3v) is 2.82. The number of pyridine rings is 1. The number of aryl methyl sites for hydroxylation is 1. The summed E-state index contributed by atoms with van der Waals surface area (Å²) in [4.78, 5) is 8.34. The van der Waals surface area contributed by atoms with Crippen molar-refractivity contribution < 1.29 is 4.52 Å². The van der Waals surface area contributed by atoms with Gasteiger partial charge in [-0.25, -0.2) is 0 Å². The number of hydrogen-bond acceptors (Lipinski definition) is 5. The number of aromatic nitrogens is 3. The molecule has 1 aliphatic rings. The van der Waals surface area contributed by atoms with Crippen LogP contribution in [-0.2, 0) is 0 Å². The molecule has 0 radical (unpaired) electrons. The van der Waals surface area contributed by atoms with E-state index in [1.165, 1.54) is 12.8 Å². The van der Waals surface area contributed by atoms with Crippen molar-refractivity contribution in [3.05, 3.63) is 41.8 Å². The molecular formula is C12H14N4O. The molecule has 1 N–H and O–H groups in total.